The number of hydrogen-bond donors (Lipinski definition) is 3. The lowest BCUT2D eigenvalue weighted by atomic mass is 10.1. The number of aryl methyl sites for hydroxylation is 1. The number of benzene rings is 1. The number of carbonyl (C=O) groups is 1. The summed E-state index contributed by atoms with van der Waals surface area (Å²) in [6.07, 6.45) is 0.851. The lowest BCUT2D eigenvalue weighted by Crippen LogP contribution is -2.15. The van der Waals surface area contributed by atoms with E-state index in [9.17, 15) is 4.79 Å². The molecule has 0 radical (unpaired) electrons. The van der Waals surface area contributed by atoms with Gasteiger partial charge in [0.05, 0.1) is 11.4 Å². The van der Waals surface area contributed by atoms with Gasteiger partial charge in [-0.05, 0) is 24.0 Å². The van der Waals surface area contributed by atoms with E-state index >= 15 is 0 Å². The summed E-state index contributed by atoms with van der Waals surface area (Å²) < 4.78 is 0. The molecule has 5 heteroatoms. The van der Waals surface area contributed by atoms with Crippen LogP contribution in [0.15, 0.2) is 24.3 Å². The van der Waals surface area contributed by atoms with Gasteiger partial charge in [0.1, 0.15) is 0 Å². The Labute approximate surface area is 118 Å². The number of para-hydroxylation sites is 1. The molecule has 0 bridgehead atoms. The number of nitrogen functional groups attached to an aromatic ring is 1. The Morgan fingerprint density at radius 3 is 2.70 bits per heavy atom. The van der Waals surface area contributed by atoms with Gasteiger partial charge in [-0.15, -0.1) is 0 Å². The summed E-state index contributed by atoms with van der Waals surface area (Å²) in [6, 6.07) is 7.71. The van der Waals surface area contributed by atoms with E-state index in [0.717, 1.165) is 23.4 Å². The van der Waals surface area contributed by atoms with E-state index in [2.05, 4.69) is 15.5 Å². The van der Waals surface area contributed by atoms with Gasteiger partial charge >= 0.3 is 0 Å². The third-order valence-corrected chi connectivity index (χ3v) is 3.27. The quantitative estimate of drug-likeness (QED) is 0.800. The maximum Gasteiger partial charge on any atom is 0.278 e. The van der Waals surface area contributed by atoms with Crippen LogP contribution in [0.25, 0.3) is 0 Å². The van der Waals surface area contributed by atoms with Gasteiger partial charge < -0.3 is 11.1 Å². The maximum absolute atomic E-state index is 12.3. The van der Waals surface area contributed by atoms with E-state index in [-0.39, 0.29) is 17.5 Å². The number of aromatic nitrogens is 2. The topological polar surface area (TPSA) is 83.8 Å². The van der Waals surface area contributed by atoms with Crippen molar-refractivity contribution in [1.82, 2.24) is 10.2 Å². The molecule has 1 amide bonds. The number of amides is 1. The summed E-state index contributed by atoms with van der Waals surface area (Å²) in [7, 11) is 0. The fourth-order valence-electron chi connectivity index (χ4n) is 2.11. The van der Waals surface area contributed by atoms with Crippen LogP contribution >= 0.6 is 0 Å². The Balaban J connectivity index is 2.24. The zero-order valence-corrected chi connectivity index (χ0v) is 12.0. The second kappa shape index (κ2) is 5.77. The molecule has 0 aliphatic carbocycles. The highest BCUT2D eigenvalue weighted by atomic mass is 16.2. The number of H-pyrrole nitrogens is 1. The monoisotopic (exact) mass is 272 g/mol. The first-order valence-corrected chi connectivity index (χ1v) is 6.77. The number of nitrogens with zero attached hydrogens (tertiary/aromatic N) is 1. The lowest BCUT2D eigenvalue weighted by molar-refractivity contribution is 0.102. The molecule has 0 aliphatic rings. The predicted molar refractivity (Wildman–Crippen MR) is 80.9 cm³/mol. The minimum atomic E-state index is -0.286. The molecular formula is C15H20N4O. The fourth-order valence-corrected chi connectivity index (χ4v) is 2.11. The van der Waals surface area contributed by atoms with Crippen molar-refractivity contribution >= 4 is 17.3 Å². The average Bonchev–Trinajstić information content (AvgIpc) is 2.81. The number of rotatable bonds is 4. The largest absolute Gasteiger partial charge is 0.395 e. The van der Waals surface area contributed by atoms with Crippen molar-refractivity contribution in [1.29, 1.82) is 0 Å². The summed E-state index contributed by atoms with van der Waals surface area (Å²) in [5.41, 5.74) is 9.32. The van der Waals surface area contributed by atoms with Crippen molar-refractivity contribution in [2.45, 2.75) is 33.1 Å². The standard InChI is InChI=1S/C15H20N4O/c1-4-10-7-5-6-8-11(10)17-15(20)14-12(16)13(9(2)3)18-19-14/h5-9H,4,16H2,1-3H3,(H,17,20)(H,18,19). The summed E-state index contributed by atoms with van der Waals surface area (Å²) >= 11 is 0. The summed E-state index contributed by atoms with van der Waals surface area (Å²) in [6.45, 7) is 6.04. The molecule has 0 spiro atoms. The second-order valence-electron chi connectivity index (χ2n) is 5.02. The molecule has 5 nitrogen and oxygen atoms in total. The van der Waals surface area contributed by atoms with E-state index in [1.165, 1.54) is 0 Å². The third-order valence-electron chi connectivity index (χ3n) is 3.27. The summed E-state index contributed by atoms with van der Waals surface area (Å²) in [4.78, 5) is 12.3. The van der Waals surface area contributed by atoms with Crippen LogP contribution in [-0.4, -0.2) is 16.1 Å². The molecule has 0 fully saturated rings. The lowest BCUT2D eigenvalue weighted by Gasteiger charge is -2.09. The number of hydrogen-bond acceptors (Lipinski definition) is 3. The predicted octanol–water partition coefficient (Wildman–Crippen LogP) is 2.93. The zero-order chi connectivity index (χ0) is 14.7. The molecule has 1 heterocycles. The van der Waals surface area contributed by atoms with Crippen LogP contribution in [0.4, 0.5) is 11.4 Å². The van der Waals surface area contributed by atoms with Crippen molar-refractivity contribution in [2.24, 2.45) is 0 Å². The van der Waals surface area contributed by atoms with Crippen LogP contribution in [-0.2, 0) is 6.42 Å². The molecule has 2 aromatic rings. The normalized spacial score (nSPS) is 10.8. The Bertz CT molecular complexity index is 616. The number of nitrogens with one attached hydrogen (secondary N) is 2. The van der Waals surface area contributed by atoms with Crippen LogP contribution in [0, 0.1) is 0 Å². The van der Waals surface area contributed by atoms with Crippen LogP contribution in [0.5, 0.6) is 0 Å². The van der Waals surface area contributed by atoms with Crippen LogP contribution < -0.4 is 11.1 Å². The van der Waals surface area contributed by atoms with E-state index < -0.39 is 0 Å². The maximum atomic E-state index is 12.3. The first-order chi connectivity index (χ1) is 9.54. The Kier molecular flexibility index (Phi) is 4.08. The molecule has 0 aliphatic heterocycles. The number of aromatic amines is 1. The minimum Gasteiger partial charge on any atom is -0.395 e. The molecule has 0 unspecified atom stereocenters. The molecular weight excluding hydrogens is 252 g/mol. The van der Waals surface area contributed by atoms with E-state index in [4.69, 9.17) is 5.73 Å². The van der Waals surface area contributed by atoms with Crippen molar-refractivity contribution in [3.8, 4) is 0 Å². The molecule has 0 saturated heterocycles. The average molecular weight is 272 g/mol. The fraction of sp³-hybridized carbons (Fsp3) is 0.333. The van der Waals surface area contributed by atoms with E-state index in [1.807, 2.05) is 45.0 Å². The van der Waals surface area contributed by atoms with Gasteiger partial charge in [0.15, 0.2) is 5.69 Å². The molecule has 0 saturated carbocycles. The molecule has 0 atom stereocenters. The summed E-state index contributed by atoms with van der Waals surface area (Å²) in [5.74, 6) is -0.0847. The molecule has 4 N–H and O–H groups in total. The van der Waals surface area contributed by atoms with Crippen molar-refractivity contribution in [3.63, 3.8) is 0 Å². The smallest absolute Gasteiger partial charge is 0.278 e. The van der Waals surface area contributed by atoms with Gasteiger partial charge in [-0.3, -0.25) is 9.89 Å². The van der Waals surface area contributed by atoms with Gasteiger partial charge in [-0.1, -0.05) is 39.0 Å². The minimum absolute atomic E-state index is 0.201. The van der Waals surface area contributed by atoms with E-state index in [1.54, 1.807) is 0 Å². The molecule has 1 aromatic heterocycles. The second-order valence-corrected chi connectivity index (χ2v) is 5.02. The zero-order valence-electron chi connectivity index (χ0n) is 12.0. The molecule has 2 rings (SSSR count). The van der Waals surface area contributed by atoms with Crippen molar-refractivity contribution in [3.05, 3.63) is 41.2 Å². The molecule has 20 heavy (non-hydrogen) atoms. The van der Waals surface area contributed by atoms with Crippen LogP contribution in [0.1, 0.15) is 48.4 Å². The SMILES string of the molecule is CCc1ccccc1NC(=O)c1n[nH]c(C(C)C)c1N. The van der Waals surface area contributed by atoms with Crippen molar-refractivity contribution < 1.29 is 4.79 Å². The number of carbonyl (C=O) groups excluding carboxylic acids is 1. The van der Waals surface area contributed by atoms with E-state index in [0.29, 0.717) is 5.69 Å². The number of anilines is 2. The first-order valence-electron chi connectivity index (χ1n) is 6.77. The summed E-state index contributed by atoms with van der Waals surface area (Å²) in [5, 5.41) is 9.73. The van der Waals surface area contributed by atoms with Gasteiger partial charge in [0.2, 0.25) is 0 Å². The Morgan fingerprint density at radius 1 is 1.40 bits per heavy atom. The third kappa shape index (κ3) is 2.66. The first kappa shape index (κ1) is 14.1. The number of nitrogens with two attached hydrogens (primary N) is 1. The van der Waals surface area contributed by atoms with Gasteiger partial charge in [0, 0.05) is 5.69 Å². The highest BCUT2D eigenvalue weighted by Gasteiger charge is 2.19. The highest BCUT2D eigenvalue weighted by Crippen LogP contribution is 2.23. The Hall–Kier alpha value is -2.30. The Morgan fingerprint density at radius 2 is 2.10 bits per heavy atom. The molecule has 1 aromatic carbocycles. The van der Waals surface area contributed by atoms with Gasteiger partial charge in [-0.25, -0.2) is 0 Å². The van der Waals surface area contributed by atoms with Crippen LogP contribution in [0.3, 0.4) is 0 Å². The van der Waals surface area contributed by atoms with Crippen LogP contribution in [0.2, 0.25) is 0 Å². The van der Waals surface area contributed by atoms with Gasteiger partial charge in [0.25, 0.3) is 5.91 Å². The highest BCUT2D eigenvalue weighted by molar-refractivity contribution is 6.06. The molecule has 106 valence electrons. The van der Waals surface area contributed by atoms with Crippen molar-refractivity contribution in [2.75, 3.05) is 11.1 Å². The van der Waals surface area contributed by atoms with Gasteiger partial charge in [-0.2, -0.15) is 5.10 Å².